The molecular weight excluding hydrogens is 226 g/mol. The van der Waals surface area contributed by atoms with Crippen LogP contribution in [0.3, 0.4) is 0 Å². The number of rotatable bonds is 3. The van der Waals surface area contributed by atoms with Crippen molar-refractivity contribution >= 4 is 5.91 Å². The van der Waals surface area contributed by atoms with E-state index in [0.29, 0.717) is 5.92 Å². The minimum absolute atomic E-state index is 0.204. The molecule has 0 aliphatic heterocycles. The average molecular weight is 243 g/mol. The van der Waals surface area contributed by atoms with Crippen molar-refractivity contribution in [1.82, 2.24) is 9.97 Å². The molecular formula is C14H17N3O. The lowest BCUT2D eigenvalue weighted by Gasteiger charge is -2.05. The van der Waals surface area contributed by atoms with Crippen molar-refractivity contribution < 1.29 is 4.79 Å². The number of hydrogen-bond donors (Lipinski definition) is 2. The van der Waals surface area contributed by atoms with Gasteiger partial charge in [-0.05, 0) is 18.4 Å². The normalized spacial score (nSPS) is 10.9. The molecule has 0 fully saturated rings. The molecule has 2 aromatic rings. The molecule has 1 amide bonds. The standard InChI is InChI=1S/C14H17N3O/c1-8(2)10-4-6-11(7-5-10)12-9(3)16-14(17-12)13(15)18/h4-8H,1-3H3,(H2,15,18)(H,16,17). The Morgan fingerprint density at radius 2 is 1.89 bits per heavy atom. The number of benzene rings is 1. The lowest BCUT2D eigenvalue weighted by Crippen LogP contribution is -2.12. The van der Waals surface area contributed by atoms with Crippen molar-refractivity contribution in [3.8, 4) is 11.3 Å². The van der Waals surface area contributed by atoms with Crippen LogP contribution in [0.2, 0.25) is 0 Å². The van der Waals surface area contributed by atoms with Crippen LogP contribution >= 0.6 is 0 Å². The SMILES string of the molecule is Cc1[nH]c(C(N)=O)nc1-c1ccc(C(C)C)cc1. The van der Waals surface area contributed by atoms with Gasteiger partial charge in [0.1, 0.15) is 0 Å². The molecule has 0 saturated carbocycles. The van der Waals surface area contributed by atoms with Crippen LogP contribution in [0.25, 0.3) is 11.3 Å². The molecule has 0 bridgehead atoms. The second-order valence-electron chi connectivity index (χ2n) is 4.70. The van der Waals surface area contributed by atoms with Crippen molar-refractivity contribution in [2.45, 2.75) is 26.7 Å². The number of nitrogens with zero attached hydrogens (tertiary/aromatic N) is 1. The highest BCUT2D eigenvalue weighted by Crippen LogP contribution is 2.23. The van der Waals surface area contributed by atoms with E-state index in [2.05, 4.69) is 35.9 Å². The summed E-state index contributed by atoms with van der Waals surface area (Å²) in [5.74, 6) is 0.166. The summed E-state index contributed by atoms with van der Waals surface area (Å²) >= 11 is 0. The Labute approximate surface area is 106 Å². The van der Waals surface area contributed by atoms with Gasteiger partial charge in [-0.15, -0.1) is 0 Å². The Morgan fingerprint density at radius 3 is 2.33 bits per heavy atom. The van der Waals surface area contributed by atoms with Gasteiger partial charge >= 0.3 is 0 Å². The van der Waals surface area contributed by atoms with Gasteiger partial charge in [0.05, 0.1) is 5.69 Å². The van der Waals surface area contributed by atoms with E-state index >= 15 is 0 Å². The summed E-state index contributed by atoms with van der Waals surface area (Å²) < 4.78 is 0. The second-order valence-corrected chi connectivity index (χ2v) is 4.70. The van der Waals surface area contributed by atoms with Gasteiger partial charge in [0, 0.05) is 11.3 Å². The van der Waals surface area contributed by atoms with E-state index in [1.165, 1.54) is 5.56 Å². The van der Waals surface area contributed by atoms with Gasteiger partial charge in [-0.25, -0.2) is 4.98 Å². The molecule has 18 heavy (non-hydrogen) atoms. The fraction of sp³-hybridized carbons (Fsp3) is 0.286. The fourth-order valence-corrected chi connectivity index (χ4v) is 1.88. The van der Waals surface area contributed by atoms with Crippen LogP contribution in [-0.2, 0) is 0 Å². The van der Waals surface area contributed by atoms with Crippen molar-refractivity contribution in [1.29, 1.82) is 0 Å². The first-order valence-electron chi connectivity index (χ1n) is 5.95. The van der Waals surface area contributed by atoms with Crippen LogP contribution in [0.1, 0.15) is 41.6 Å². The molecule has 1 heterocycles. The molecule has 4 nitrogen and oxygen atoms in total. The Morgan fingerprint density at radius 1 is 1.28 bits per heavy atom. The van der Waals surface area contributed by atoms with Gasteiger partial charge < -0.3 is 10.7 Å². The van der Waals surface area contributed by atoms with E-state index in [4.69, 9.17) is 5.73 Å². The number of aromatic amines is 1. The highest BCUT2D eigenvalue weighted by Gasteiger charge is 2.12. The molecule has 4 heteroatoms. The summed E-state index contributed by atoms with van der Waals surface area (Å²) in [6.45, 7) is 6.19. The molecule has 0 spiro atoms. The van der Waals surface area contributed by atoms with Crippen LogP contribution in [0.15, 0.2) is 24.3 Å². The molecule has 0 atom stereocenters. The molecule has 0 saturated heterocycles. The van der Waals surface area contributed by atoms with Gasteiger partial charge in [-0.2, -0.15) is 0 Å². The van der Waals surface area contributed by atoms with Crippen molar-refractivity contribution in [2.24, 2.45) is 5.73 Å². The first-order valence-corrected chi connectivity index (χ1v) is 5.95. The molecule has 1 aromatic carbocycles. The number of hydrogen-bond acceptors (Lipinski definition) is 2. The number of nitrogens with one attached hydrogen (secondary N) is 1. The highest BCUT2D eigenvalue weighted by atomic mass is 16.1. The van der Waals surface area contributed by atoms with Gasteiger partial charge in [0.2, 0.25) is 0 Å². The maximum absolute atomic E-state index is 11.1. The quantitative estimate of drug-likeness (QED) is 0.869. The van der Waals surface area contributed by atoms with E-state index < -0.39 is 5.91 Å². The van der Waals surface area contributed by atoms with E-state index in [-0.39, 0.29) is 5.82 Å². The maximum Gasteiger partial charge on any atom is 0.284 e. The Balaban J connectivity index is 2.39. The molecule has 0 aliphatic rings. The zero-order chi connectivity index (χ0) is 13.3. The van der Waals surface area contributed by atoms with Crippen LogP contribution < -0.4 is 5.73 Å². The Kier molecular flexibility index (Phi) is 3.19. The number of imidazole rings is 1. The topological polar surface area (TPSA) is 71.8 Å². The predicted octanol–water partition coefficient (Wildman–Crippen LogP) is 2.61. The molecule has 0 unspecified atom stereocenters. The van der Waals surface area contributed by atoms with Crippen molar-refractivity contribution in [2.75, 3.05) is 0 Å². The number of primary amides is 1. The fourth-order valence-electron chi connectivity index (χ4n) is 1.88. The number of carbonyl (C=O) groups is 1. The van der Waals surface area contributed by atoms with Crippen LogP contribution in [0, 0.1) is 6.92 Å². The molecule has 94 valence electrons. The zero-order valence-corrected chi connectivity index (χ0v) is 10.8. The maximum atomic E-state index is 11.1. The smallest absolute Gasteiger partial charge is 0.284 e. The lowest BCUT2D eigenvalue weighted by atomic mass is 10.0. The van der Waals surface area contributed by atoms with Crippen LogP contribution in [0.5, 0.6) is 0 Å². The third-order valence-electron chi connectivity index (χ3n) is 2.97. The van der Waals surface area contributed by atoms with Gasteiger partial charge in [0.25, 0.3) is 5.91 Å². The molecule has 0 radical (unpaired) electrons. The lowest BCUT2D eigenvalue weighted by molar-refractivity contribution is 0.0991. The van der Waals surface area contributed by atoms with Gasteiger partial charge in [0.15, 0.2) is 5.82 Å². The van der Waals surface area contributed by atoms with E-state index in [0.717, 1.165) is 17.0 Å². The summed E-state index contributed by atoms with van der Waals surface area (Å²) in [4.78, 5) is 18.2. The number of amides is 1. The first-order chi connectivity index (χ1) is 8.49. The summed E-state index contributed by atoms with van der Waals surface area (Å²) in [7, 11) is 0. The predicted molar refractivity (Wildman–Crippen MR) is 71.4 cm³/mol. The Bertz CT molecular complexity index is 567. The summed E-state index contributed by atoms with van der Waals surface area (Å²) in [6, 6.07) is 8.20. The van der Waals surface area contributed by atoms with E-state index in [9.17, 15) is 4.79 Å². The largest absolute Gasteiger partial charge is 0.363 e. The van der Waals surface area contributed by atoms with Crippen molar-refractivity contribution in [3.05, 3.63) is 41.3 Å². The molecule has 0 aliphatic carbocycles. The first kappa shape index (κ1) is 12.4. The summed E-state index contributed by atoms with van der Waals surface area (Å²) in [5, 5.41) is 0. The highest BCUT2D eigenvalue weighted by molar-refractivity contribution is 5.90. The van der Waals surface area contributed by atoms with Crippen molar-refractivity contribution in [3.63, 3.8) is 0 Å². The average Bonchev–Trinajstić information content (AvgIpc) is 2.71. The number of nitrogens with two attached hydrogens (primary N) is 1. The van der Waals surface area contributed by atoms with Crippen LogP contribution in [-0.4, -0.2) is 15.9 Å². The third-order valence-corrected chi connectivity index (χ3v) is 2.97. The van der Waals surface area contributed by atoms with Crippen LogP contribution in [0.4, 0.5) is 0 Å². The monoisotopic (exact) mass is 243 g/mol. The molecule has 2 rings (SSSR count). The second kappa shape index (κ2) is 4.64. The minimum Gasteiger partial charge on any atom is -0.363 e. The zero-order valence-electron chi connectivity index (χ0n) is 10.8. The van der Waals surface area contributed by atoms with E-state index in [1.54, 1.807) is 0 Å². The summed E-state index contributed by atoms with van der Waals surface area (Å²) in [5.41, 5.74) is 9.10. The Hall–Kier alpha value is -2.10. The minimum atomic E-state index is -0.539. The van der Waals surface area contributed by atoms with E-state index in [1.807, 2.05) is 19.1 Å². The third kappa shape index (κ3) is 2.27. The molecule has 3 N–H and O–H groups in total. The van der Waals surface area contributed by atoms with Gasteiger partial charge in [-0.3, -0.25) is 4.79 Å². The molecule has 1 aromatic heterocycles. The number of aryl methyl sites for hydroxylation is 1. The number of aromatic nitrogens is 2. The number of H-pyrrole nitrogens is 1. The summed E-state index contributed by atoms with van der Waals surface area (Å²) in [6.07, 6.45) is 0. The number of carbonyl (C=O) groups excluding carboxylic acids is 1. The van der Waals surface area contributed by atoms with Gasteiger partial charge in [-0.1, -0.05) is 38.1 Å².